The van der Waals surface area contributed by atoms with Crippen molar-refractivity contribution in [2.45, 2.75) is 32.3 Å². The molecular weight excluding hydrogens is 166 g/mol. The molecule has 1 fully saturated rings. The van der Waals surface area contributed by atoms with Gasteiger partial charge >= 0.3 is 0 Å². The molecule has 1 heterocycles. The monoisotopic (exact) mass is 183 g/mol. The zero-order valence-electron chi connectivity index (χ0n) is 8.07. The number of hydrogen-bond donors (Lipinski definition) is 1. The fourth-order valence-corrected chi connectivity index (χ4v) is 1.48. The van der Waals surface area contributed by atoms with E-state index in [0.29, 0.717) is 6.54 Å². The molecule has 1 amide bonds. The molecule has 0 saturated carbocycles. The van der Waals surface area contributed by atoms with Crippen molar-refractivity contribution in [3.05, 3.63) is 12.2 Å². The van der Waals surface area contributed by atoms with E-state index in [0.717, 1.165) is 25.8 Å². The van der Waals surface area contributed by atoms with E-state index in [2.05, 4.69) is 0 Å². The Morgan fingerprint density at radius 1 is 1.69 bits per heavy atom. The molecule has 0 radical (unpaired) electrons. The number of aliphatic hydroxyl groups excluding tert-OH is 1. The Bertz CT molecular complexity index is 201. The molecule has 1 N–H and O–H groups in total. The minimum Gasteiger partial charge on any atom is -0.391 e. The quantitative estimate of drug-likeness (QED) is 0.647. The van der Waals surface area contributed by atoms with Crippen molar-refractivity contribution in [2.24, 2.45) is 0 Å². The second kappa shape index (κ2) is 5.02. The van der Waals surface area contributed by atoms with E-state index in [4.69, 9.17) is 0 Å². The molecule has 1 atom stereocenters. The Morgan fingerprint density at radius 3 is 3.08 bits per heavy atom. The van der Waals surface area contributed by atoms with Crippen molar-refractivity contribution in [1.82, 2.24) is 4.90 Å². The van der Waals surface area contributed by atoms with Gasteiger partial charge in [0, 0.05) is 13.1 Å². The van der Waals surface area contributed by atoms with Gasteiger partial charge in [-0.05, 0) is 25.3 Å². The summed E-state index contributed by atoms with van der Waals surface area (Å²) in [6, 6.07) is 0. The van der Waals surface area contributed by atoms with Gasteiger partial charge in [0.1, 0.15) is 0 Å². The number of amides is 1. The van der Waals surface area contributed by atoms with E-state index in [9.17, 15) is 9.90 Å². The summed E-state index contributed by atoms with van der Waals surface area (Å²) in [6.07, 6.45) is 5.73. The van der Waals surface area contributed by atoms with Crippen LogP contribution in [0.2, 0.25) is 0 Å². The van der Waals surface area contributed by atoms with Gasteiger partial charge in [0.15, 0.2) is 0 Å². The smallest absolute Gasteiger partial charge is 0.246 e. The fraction of sp³-hybridized carbons (Fsp3) is 0.700. The van der Waals surface area contributed by atoms with Crippen LogP contribution in [0.3, 0.4) is 0 Å². The predicted molar refractivity (Wildman–Crippen MR) is 51.3 cm³/mol. The maximum atomic E-state index is 11.4. The lowest BCUT2D eigenvalue weighted by Gasteiger charge is -2.29. The van der Waals surface area contributed by atoms with Crippen molar-refractivity contribution in [1.29, 1.82) is 0 Å². The molecule has 1 rings (SSSR count). The zero-order chi connectivity index (χ0) is 9.68. The third-order valence-electron chi connectivity index (χ3n) is 2.20. The number of likely N-dealkylation sites (tertiary alicyclic amines) is 1. The topological polar surface area (TPSA) is 40.5 Å². The Morgan fingerprint density at radius 2 is 2.46 bits per heavy atom. The second-order valence-corrected chi connectivity index (χ2v) is 3.39. The molecule has 3 heteroatoms. The van der Waals surface area contributed by atoms with E-state index in [1.165, 1.54) is 0 Å². The van der Waals surface area contributed by atoms with Crippen molar-refractivity contribution in [3.8, 4) is 0 Å². The van der Waals surface area contributed by atoms with E-state index in [-0.39, 0.29) is 12.0 Å². The van der Waals surface area contributed by atoms with Crippen LogP contribution in [-0.4, -0.2) is 35.1 Å². The Balaban J connectivity index is 2.41. The second-order valence-electron chi connectivity index (χ2n) is 3.39. The van der Waals surface area contributed by atoms with E-state index >= 15 is 0 Å². The molecule has 0 aromatic rings. The van der Waals surface area contributed by atoms with Gasteiger partial charge in [0.25, 0.3) is 0 Å². The maximum Gasteiger partial charge on any atom is 0.246 e. The average Bonchev–Trinajstić information content (AvgIpc) is 2.14. The summed E-state index contributed by atoms with van der Waals surface area (Å²) in [5.74, 6) is 0.0283. The van der Waals surface area contributed by atoms with Crippen LogP contribution in [0, 0.1) is 0 Å². The number of aliphatic hydroxyl groups is 1. The third-order valence-corrected chi connectivity index (χ3v) is 2.20. The Labute approximate surface area is 79.0 Å². The van der Waals surface area contributed by atoms with Gasteiger partial charge in [-0.15, -0.1) is 0 Å². The number of allylic oxidation sites excluding steroid dienone is 1. The minimum atomic E-state index is -0.326. The van der Waals surface area contributed by atoms with Crippen LogP contribution < -0.4 is 0 Å². The van der Waals surface area contributed by atoms with Gasteiger partial charge < -0.3 is 10.0 Å². The first-order valence-corrected chi connectivity index (χ1v) is 4.87. The molecule has 3 nitrogen and oxygen atoms in total. The third kappa shape index (κ3) is 3.19. The number of carbonyl (C=O) groups is 1. The lowest BCUT2D eigenvalue weighted by molar-refractivity contribution is -0.128. The zero-order valence-corrected chi connectivity index (χ0v) is 8.07. The van der Waals surface area contributed by atoms with Crippen molar-refractivity contribution in [3.63, 3.8) is 0 Å². The molecular formula is C10H17NO2. The predicted octanol–water partition coefficient (Wildman–Crippen LogP) is 0.936. The fourth-order valence-electron chi connectivity index (χ4n) is 1.48. The number of β-amino-alcohol motifs (C(OH)–C–C–N with tert-alkyl or cyclic N) is 1. The standard InChI is InChI=1S/C10H17NO2/c1-2-3-6-10(13)11-7-4-5-9(12)8-11/h3,6,9,12H,2,4-5,7-8H2,1H3/b6-3+. The van der Waals surface area contributed by atoms with Crippen LogP contribution in [0.25, 0.3) is 0 Å². The average molecular weight is 183 g/mol. The summed E-state index contributed by atoms with van der Waals surface area (Å²) in [4.78, 5) is 13.1. The normalized spacial score (nSPS) is 23.8. The van der Waals surface area contributed by atoms with Crippen molar-refractivity contribution < 1.29 is 9.90 Å². The SMILES string of the molecule is CC/C=C/C(=O)N1CCCC(O)C1. The van der Waals surface area contributed by atoms with Crippen LogP contribution in [0.5, 0.6) is 0 Å². The molecule has 1 unspecified atom stereocenters. The Kier molecular flexibility index (Phi) is 3.96. The summed E-state index contributed by atoms with van der Waals surface area (Å²) in [5, 5.41) is 9.34. The van der Waals surface area contributed by atoms with Gasteiger partial charge in [-0.1, -0.05) is 13.0 Å². The number of nitrogens with zero attached hydrogens (tertiary/aromatic N) is 1. The number of rotatable bonds is 2. The lowest BCUT2D eigenvalue weighted by Crippen LogP contribution is -2.41. The molecule has 0 aromatic carbocycles. The molecule has 0 aromatic heterocycles. The summed E-state index contributed by atoms with van der Waals surface area (Å²) in [6.45, 7) is 3.27. The van der Waals surface area contributed by atoms with Crippen molar-refractivity contribution >= 4 is 5.91 Å². The molecule has 1 aliphatic heterocycles. The minimum absolute atomic E-state index is 0.0283. The van der Waals surface area contributed by atoms with E-state index < -0.39 is 0 Å². The van der Waals surface area contributed by atoms with Crippen LogP contribution in [0.1, 0.15) is 26.2 Å². The summed E-state index contributed by atoms with van der Waals surface area (Å²) < 4.78 is 0. The van der Waals surface area contributed by atoms with Gasteiger partial charge in [-0.3, -0.25) is 4.79 Å². The van der Waals surface area contributed by atoms with Crippen LogP contribution in [-0.2, 0) is 4.79 Å². The first-order valence-electron chi connectivity index (χ1n) is 4.87. The molecule has 1 saturated heterocycles. The van der Waals surface area contributed by atoms with Gasteiger partial charge in [-0.25, -0.2) is 0 Å². The van der Waals surface area contributed by atoms with E-state index in [1.54, 1.807) is 11.0 Å². The highest BCUT2D eigenvalue weighted by atomic mass is 16.3. The summed E-state index contributed by atoms with van der Waals surface area (Å²) in [7, 11) is 0. The highest BCUT2D eigenvalue weighted by molar-refractivity contribution is 5.87. The number of hydrogen-bond acceptors (Lipinski definition) is 2. The molecule has 0 aliphatic carbocycles. The van der Waals surface area contributed by atoms with E-state index in [1.807, 2.05) is 13.0 Å². The summed E-state index contributed by atoms with van der Waals surface area (Å²) in [5.41, 5.74) is 0. The van der Waals surface area contributed by atoms with Crippen LogP contribution >= 0.6 is 0 Å². The highest BCUT2D eigenvalue weighted by Crippen LogP contribution is 2.09. The van der Waals surface area contributed by atoms with Gasteiger partial charge in [0.2, 0.25) is 5.91 Å². The first-order chi connectivity index (χ1) is 6.24. The van der Waals surface area contributed by atoms with Crippen molar-refractivity contribution in [2.75, 3.05) is 13.1 Å². The first kappa shape index (κ1) is 10.3. The Hall–Kier alpha value is -0.830. The van der Waals surface area contributed by atoms with Gasteiger partial charge in [0.05, 0.1) is 6.10 Å². The van der Waals surface area contributed by atoms with Crippen LogP contribution in [0.15, 0.2) is 12.2 Å². The number of piperidine rings is 1. The highest BCUT2D eigenvalue weighted by Gasteiger charge is 2.19. The van der Waals surface area contributed by atoms with Gasteiger partial charge in [-0.2, -0.15) is 0 Å². The molecule has 1 aliphatic rings. The summed E-state index contributed by atoms with van der Waals surface area (Å²) >= 11 is 0. The molecule has 0 bridgehead atoms. The number of carbonyl (C=O) groups excluding carboxylic acids is 1. The maximum absolute atomic E-state index is 11.4. The molecule has 13 heavy (non-hydrogen) atoms. The molecule has 74 valence electrons. The van der Waals surface area contributed by atoms with Crippen LogP contribution in [0.4, 0.5) is 0 Å². The lowest BCUT2D eigenvalue weighted by atomic mass is 10.1. The molecule has 0 spiro atoms. The largest absolute Gasteiger partial charge is 0.391 e.